The van der Waals surface area contributed by atoms with Crippen molar-refractivity contribution in [3.8, 4) is 0 Å². The van der Waals surface area contributed by atoms with Crippen molar-refractivity contribution >= 4 is 5.84 Å². The quantitative estimate of drug-likeness (QED) is 0.285. The van der Waals surface area contributed by atoms with E-state index in [2.05, 4.69) is 10.1 Å². The Balaban J connectivity index is 2.51. The van der Waals surface area contributed by atoms with Gasteiger partial charge in [-0.3, -0.25) is 4.90 Å². The lowest BCUT2D eigenvalue weighted by Gasteiger charge is -2.37. The Morgan fingerprint density at radius 1 is 1.50 bits per heavy atom. The summed E-state index contributed by atoms with van der Waals surface area (Å²) in [5.74, 6) is 0.680. The topological polar surface area (TPSA) is 82.1 Å². The molecule has 94 valence electrons. The van der Waals surface area contributed by atoms with Gasteiger partial charge in [0.05, 0.1) is 12.1 Å². The van der Waals surface area contributed by atoms with Crippen molar-refractivity contribution in [1.29, 1.82) is 0 Å². The van der Waals surface area contributed by atoms with Gasteiger partial charge >= 0.3 is 0 Å². The second kappa shape index (κ2) is 6.06. The first-order valence-corrected chi connectivity index (χ1v) is 5.99. The van der Waals surface area contributed by atoms with Gasteiger partial charge in [-0.2, -0.15) is 0 Å². The fraction of sp³-hybridized carbons (Fsp3) is 0.909. The first-order chi connectivity index (χ1) is 7.60. The fourth-order valence-electron chi connectivity index (χ4n) is 2.43. The Bertz CT molecular complexity index is 235. The first kappa shape index (κ1) is 13.3. The molecule has 5 nitrogen and oxygen atoms in total. The standard InChI is InChI=1S/C11H23N3O2/c1-3-10(11(12)13-16)14-6-4-9(5-7-14)8(2)15/h8-10,15-16H,3-7H2,1-2H3,(H2,12,13). The molecule has 0 spiro atoms. The number of likely N-dealkylation sites (tertiary alicyclic amines) is 1. The maximum atomic E-state index is 9.51. The normalized spacial score (nSPS) is 24.3. The van der Waals surface area contributed by atoms with Crippen molar-refractivity contribution in [1.82, 2.24) is 4.90 Å². The van der Waals surface area contributed by atoms with Crippen molar-refractivity contribution in [3.05, 3.63) is 0 Å². The van der Waals surface area contributed by atoms with Crippen LogP contribution < -0.4 is 5.73 Å². The summed E-state index contributed by atoms with van der Waals surface area (Å²) in [6.45, 7) is 5.69. The van der Waals surface area contributed by atoms with Gasteiger partial charge in [0.2, 0.25) is 0 Å². The van der Waals surface area contributed by atoms with Crippen LogP contribution in [0.15, 0.2) is 5.16 Å². The van der Waals surface area contributed by atoms with E-state index in [-0.39, 0.29) is 18.0 Å². The van der Waals surface area contributed by atoms with E-state index in [0.29, 0.717) is 5.92 Å². The van der Waals surface area contributed by atoms with E-state index >= 15 is 0 Å². The summed E-state index contributed by atoms with van der Waals surface area (Å²) in [6.07, 6.45) is 2.57. The number of aliphatic hydroxyl groups excluding tert-OH is 1. The van der Waals surface area contributed by atoms with Crippen LogP contribution in [0.5, 0.6) is 0 Å². The van der Waals surface area contributed by atoms with Gasteiger partial charge in [-0.1, -0.05) is 12.1 Å². The molecule has 1 rings (SSSR count). The zero-order valence-corrected chi connectivity index (χ0v) is 10.1. The average Bonchev–Trinajstić information content (AvgIpc) is 2.30. The van der Waals surface area contributed by atoms with Crippen LogP contribution in [0, 0.1) is 5.92 Å². The second-order valence-electron chi connectivity index (χ2n) is 4.56. The van der Waals surface area contributed by atoms with Gasteiger partial charge in [0.25, 0.3) is 0 Å². The summed E-state index contributed by atoms with van der Waals surface area (Å²) in [7, 11) is 0. The summed E-state index contributed by atoms with van der Waals surface area (Å²) < 4.78 is 0. The highest BCUT2D eigenvalue weighted by atomic mass is 16.4. The molecule has 1 fully saturated rings. The Morgan fingerprint density at radius 2 is 2.06 bits per heavy atom. The molecule has 4 N–H and O–H groups in total. The maximum Gasteiger partial charge on any atom is 0.156 e. The molecule has 1 aliphatic heterocycles. The monoisotopic (exact) mass is 229 g/mol. The van der Waals surface area contributed by atoms with Crippen LogP contribution in [-0.4, -0.2) is 46.3 Å². The molecule has 0 radical (unpaired) electrons. The number of nitrogens with two attached hydrogens (primary N) is 1. The number of piperidine rings is 1. The van der Waals surface area contributed by atoms with Gasteiger partial charge in [-0.05, 0) is 45.2 Å². The average molecular weight is 229 g/mol. The summed E-state index contributed by atoms with van der Waals surface area (Å²) >= 11 is 0. The lowest BCUT2D eigenvalue weighted by atomic mass is 9.91. The molecule has 0 aromatic carbocycles. The van der Waals surface area contributed by atoms with Gasteiger partial charge < -0.3 is 16.0 Å². The number of oxime groups is 1. The molecule has 1 heterocycles. The van der Waals surface area contributed by atoms with Crippen molar-refractivity contribution in [2.75, 3.05) is 13.1 Å². The molecule has 0 saturated carbocycles. The predicted octanol–water partition coefficient (Wildman–Crippen LogP) is 0.604. The third-order valence-corrected chi connectivity index (χ3v) is 3.54. The molecule has 1 aliphatic rings. The molecule has 5 heteroatoms. The third-order valence-electron chi connectivity index (χ3n) is 3.54. The number of amidine groups is 1. The molecular weight excluding hydrogens is 206 g/mol. The van der Waals surface area contributed by atoms with E-state index in [9.17, 15) is 5.11 Å². The molecule has 0 amide bonds. The number of nitrogens with zero attached hydrogens (tertiary/aromatic N) is 2. The van der Waals surface area contributed by atoms with Gasteiger partial charge in [0.15, 0.2) is 5.84 Å². The van der Waals surface area contributed by atoms with E-state index in [0.717, 1.165) is 32.4 Å². The lowest BCUT2D eigenvalue weighted by Crippen LogP contribution is -2.49. The Morgan fingerprint density at radius 3 is 2.44 bits per heavy atom. The molecule has 0 aromatic heterocycles. The maximum absolute atomic E-state index is 9.51. The Hall–Kier alpha value is -0.810. The first-order valence-electron chi connectivity index (χ1n) is 5.99. The van der Waals surface area contributed by atoms with Crippen molar-refractivity contribution in [2.24, 2.45) is 16.8 Å². The van der Waals surface area contributed by atoms with Crippen molar-refractivity contribution < 1.29 is 10.3 Å². The fourth-order valence-corrected chi connectivity index (χ4v) is 2.43. The minimum Gasteiger partial charge on any atom is -0.409 e. The summed E-state index contributed by atoms with van der Waals surface area (Å²) in [5, 5.41) is 21.3. The minimum absolute atomic E-state index is 0.0277. The van der Waals surface area contributed by atoms with Crippen molar-refractivity contribution in [2.45, 2.75) is 45.3 Å². The zero-order chi connectivity index (χ0) is 12.1. The van der Waals surface area contributed by atoms with E-state index in [1.807, 2.05) is 13.8 Å². The van der Waals surface area contributed by atoms with Crippen LogP contribution in [0.4, 0.5) is 0 Å². The number of aliphatic hydroxyl groups is 1. The Labute approximate surface area is 96.9 Å². The molecule has 2 atom stereocenters. The van der Waals surface area contributed by atoms with E-state index in [1.165, 1.54) is 0 Å². The molecule has 16 heavy (non-hydrogen) atoms. The highest BCUT2D eigenvalue weighted by Gasteiger charge is 2.28. The molecule has 0 aliphatic carbocycles. The molecular formula is C11H23N3O2. The van der Waals surface area contributed by atoms with Crippen LogP contribution in [0.25, 0.3) is 0 Å². The van der Waals surface area contributed by atoms with Crippen LogP contribution in [0.2, 0.25) is 0 Å². The predicted molar refractivity (Wildman–Crippen MR) is 63.5 cm³/mol. The zero-order valence-electron chi connectivity index (χ0n) is 10.1. The molecule has 0 aromatic rings. The largest absolute Gasteiger partial charge is 0.409 e. The van der Waals surface area contributed by atoms with Gasteiger partial charge in [-0.25, -0.2) is 0 Å². The number of hydrogen-bond donors (Lipinski definition) is 3. The third kappa shape index (κ3) is 3.09. The van der Waals surface area contributed by atoms with E-state index < -0.39 is 0 Å². The van der Waals surface area contributed by atoms with Crippen LogP contribution >= 0.6 is 0 Å². The summed E-state index contributed by atoms with van der Waals surface area (Å²) in [5.41, 5.74) is 5.66. The second-order valence-corrected chi connectivity index (χ2v) is 4.56. The van der Waals surface area contributed by atoms with E-state index in [1.54, 1.807) is 0 Å². The summed E-state index contributed by atoms with van der Waals surface area (Å²) in [6, 6.07) is 0.0277. The van der Waals surface area contributed by atoms with Gasteiger partial charge in [-0.15, -0.1) is 0 Å². The molecule has 0 bridgehead atoms. The Kier molecular flexibility index (Phi) is 5.02. The van der Waals surface area contributed by atoms with E-state index in [4.69, 9.17) is 10.9 Å². The molecule has 2 unspecified atom stereocenters. The number of hydrogen-bond acceptors (Lipinski definition) is 4. The van der Waals surface area contributed by atoms with Crippen LogP contribution in [0.1, 0.15) is 33.1 Å². The lowest BCUT2D eigenvalue weighted by molar-refractivity contribution is 0.0645. The summed E-state index contributed by atoms with van der Waals surface area (Å²) in [4.78, 5) is 2.23. The number of rotatable bonds is 4. The van der Waals surface area contributed by atoms with Crippen molar-refractivity contribution in [3.63, 3.8) is 0 Å². The highest BCUT2D eigenvalue weighted by Crippen LogP contribution is 2.22. The van der Waals surface area contributed by atoms with Crippen LogP contribution in [-0.2, 0) is 0 Å². The molecule has 1 saturated heterocycles. The SMILES string of the molecule is CCC(C(N)=NO)N1CCC(C(C)O)CC1. The highest BCUT2D eigenvalue weighted by molar-refractivity contribution is 5.85. The van der Waals surface area contributed by atoms with Gasteiger partial charge in [0, 0.05) is 0 Å². The van der Waals surface area contributed by atoms with Crippen LogP contribution in [0.3, 0.4) is 0 Å². The minimum atomic E-state index is -0.230. The smallest absolute Gasteiger partial charge is 0.156 e. The van der Waals surface area contributed by atoms with Gasteiger partial charge in [0.1, 0.15) is 0 Å².